The first kappa shape index (κ1) is 5.08. The Bertz CT molecular complexity index is 130. The molecular weight excluding hydrogens is 110 g/mol. The van der Waals surface area contributed by atoms with Gasteiger partial charge in [0, 0.05) is 0 Å². The normalized spacial score (nSPS) is 12.6. The molecule has 4 heteroatoms. The van der Waals surface area contributed by atoms with Crippen LogP contribution in [0, 0.1) is 0 Å². The van der Waals surface area contributed by atoms with Crippen molar-refractivity contribution in [2.24, 2.45) is 4.99 Å². The van der Waals surface area contributed by atoms with Gasteiger partial charge in [0.25, 0.3) is 1.43 Å². The lowest BCUT2D eigenvalue weighted by molar-refractivity contribution is -0.216. The molecule has 0 aromatic carbocycles. The zero-order valence-corrected chi connectivity index (χ0v) is 4.38. The van der Waals surface area contributed by atoms with Crippen LogP contribution in [0.2, 0.25) is 0 Å². The maximum absolute atomic E-state index is 10.1. The zero-order valence-electron chi connectivity index (χ0n) is 5.38. The van der Waals surface area contributed by atoms with Crippen LogP contribution >= 0.6 is 0 Å². The van der Waals surface area contributed by atoms with Gasteiger partial charge in [0.1, 0.15) is 6.54 Å². The fraction of sp³-hybridized carbons (Fsp3) is 0.500. The molecule has 0 heterocycles. The van der Waals surface area contributed by atoms with Gasteiger partial charge in [0.2, 0.25) is 0 Å². The SMILES string of the molecule is [2H]OC(=O)CN=C(C)[O-]. The third kappa shape index (κ3) is 4.94. The van der Waals surface area contributed by atoms with Crippen LogP contribution in [0.25, 0.3) is 1.43 Å². The van der Waals surface area contributed by atoms with Crippen molar-refractivity contribution in [1.82, 2.24) is 0 Å². The Balaban J connectivity index is 3.50. The lowest BCUT2D eigenvalue weighted by Crippen LogP contribution is -2.14. The molecule has 0 unspecified atom stereocenters. The first-order valence-electron chi connectivity index (χ1n) is 2.41. The van der Waals surface area contributed by atoms with Gasteiger partial charge in [0.15, 0.2) is 0 Å². The van der Waals surface area contributed by atoms with Gasteiger partial charge >= 0.3 is 5.97 Å². The summed E-state index contributed by atoms with van der Waals surface area (Å²) < 4.78 is 6.03. The van der Waals surface area contributed by atoms with E-state index in [1.165, 1.54) is 6.92 Å². The third-order valence-corrected chi connectivity index (χ3v) is 0.431. The lowest BCUT2D eigenvalue weighted by atomic mass is 10.6. The molecule has 0 rings (SSSR count). The maximum atomic E-state index is 10.1. The van der Waals surface area contributed by atoms with E-state index in [0.29, 0.717) is 0 Å². The summed E-state index contributed by atoms with van der Waals surface area (Å²) in [5.74, 6) is -1.27. The molecule has 0 spiro atoms. The highest BCUT2D eigenvalue weighted by molar-refractivity contribution is 5.75. The Kier molecular flexibility index (Phi) is 1.91. The van der Waals surface area contributed by atoms with E-state index in [4.69, 9.17) is 1.43 Å². The summed E-state index contributed by atoms with van der Waals surface area (Å²) in [7, 11) is 0. The molecule has 0 aliphatic carbocycles. The molecule has 1 N–H and O–H groups in total. The van der Waals surface area contributed by atoms with Crippen LogP contribution in [-0.2, 0) is 4.79 Å². The smallest absolute Gasteiger partial charge is 0.325 e. The van der Waals surface area contributed by atoms with Gasteiger partial charge in [-0.25, -0.2) is 0 Å². The quantitative estimate of drug-likeness (QED) is 0.366. The van der Waals surface area contributed by atoms with E-state index in [2.05, 4.69) is 10.1 Å². The number of carboxylic acids is 1. The molecule has 0 bridgehead atoms. The second kappa shape index (κ2) is 3.01. The monoisotopic (exact) mass is 117 g/mol. The van der Waals surface area contributed by atoms with Gasteiger partial charge in [-0.05, 0) is 12.8 Å². The van der Waals surface area contributed by atoms with Gasteiger partial charge in [0.05, 0.1) is 0 Å². The van der Waals surface area contributed by atoms with Crippen LogP contribution in [0.1, 0.15) is 6.92 Å². The van der Waals surface area contributed by atoms with Crippen molar-refractivity contribution in [2.75, 3.05) is 6.54 Å². The fourth-order valence-electron chi connectivity index (χ4n) is 0.176. The van der Waals surface area contributed by atoms with Gasteiger partial charge in [-0.1, -0.05) is 0 Å². The number of hydrogen-bond donors (Lipinski definition) is 1. The summed E-state index contributed by atoms with van der Waals surface area (Å²) in [5.41, 5.74) is 0. The molecule has 8 heavy (non-hydrogen) atoms. The average molecular weight is 117 g/mol. The Hall–Kier alpha value is -1.06. The molecule has 46 valence electrons. The Labute approximate surface area is 48.0 Å². The molecule has 0 aromatic heterocycles. The van der Waals surface area contributed by atoms with Crippen molar-refractivity contribution < 1.29 is 15.0 Å². The van der Waals surface area contributed by atoms with Crippen molar-refractivity contribution >= 4 is 11.9 Å². The largest absolute Gasteiger partial charge is 0.862 e. The molecule has 0 aromatic rings. The maximum Gasteiger partial charge on any atom is 0.325 e. The van der Waals surface area contributed by atoms with Crippen molar-refractivity contribution in [3.05, 3.63) is 0 Å². The van der Waals surface area contributed by atoms with Crippen LogP contribution in [0.4, 0.5) is 0 Å². The standard InChI is InChI=1S/C4H7NO3/c1-3(6)5-2-4(7)8/h2H2,1H3,(H,5,6)(H,7,8)/p-1/i/hD. The highest BCUT2D eigenvalue weighted by atomic mass is 16.4. The van der Waals surface area contributed by atoms with Crippen molar-refractivity contribution in [3.8, 4) is 0 Å². The van der Waals surface area contributed by atoms with E-state index < -0.39 is 11.9 Å². The first-order valence-corrected chi connectivity index (χ1v) is 2.01. The van der Waals surface area contributed by atoms with Crippen molar-refractivity contribution in [1.29, 1.82) is 1.43 Å². The molecule has 0 aliphatic rings. The molecule has 0 saturated heterocycles. The molecule has 0 radical (unpaired) electrons. The van der Waals surface area contributed by atoms with Gasteiger partial charge in [-0.3, -0.25) is 9.79 Å². The van der Waals surface area contributed by atoms with E-state index in [1.54, 1.807) is 0 Å². The zero-order chi connectivity index (χ0) is 7.28. The number of carboxylic acid groups (broad SMARTS) is 1. The van der Waals surface area contributed by atoms with E-state index in [1.807, 2.05) is 0 Å². The summed E-state index contributed by atoms with van der Waals surface area (Å²) in [5, 5.41) is 13.5. The second-order valence-electron chi connectivity index (χ2n) is 1.21. The fourth-order valence-corrected chi connectivity index (χ4v) is 0.176. The summed E-state index contributed by atoms with van der Waals surface area (Å²) >= 11 is 0. The predicted octanol–water partition coefficient (Wildman–Crippen LogP) is -1.15. The van der Waals surface area contributed by atoms with Crippen molar-refractivity contribution in [2.45, 2.75) is 6.92 Å². The predicted molar refractivity (Wildman–Crippen MR) is 25.6 cm³/mol. The molecule has 0 fully saturated rings. The minimum Gasteiger partial charge on any atom is -0.862 e. The summed E-state index contributed by atoms with van der Waals surface area (Å²) in [6, 6.07) is 0. The number of hydrogen-bond acceptors (Lipinski definition) is 4. The first-order chi connectivity index (χ1) is 4.16. The van der Waals surface area contributed by atoms with Crippen LogP contribution in [-0.4, -0.2) is 23.5 Å². The highest BCUT2D eigenvalue weighted by Crippen LogP contribution is 1.68. The Morgan fingerprint density at radius 1 is 2.12 bits per heavy atom. The minimum absolute atomic E-state index is 0.362. The molecule has 0 atom stereocenters. The van der Waals surface area contributed by atoms with Gasteiger partial charge in [-0.15, -0.1) is 0 Å². The topological polar surface area (TPSA) is 72.7 Å². The van der Waals surface area contributed by atoms with E-state index in [-0.39, 0.29) is 6.54 Å². The van der Waals surface area contributed by atoms with Crippen LogP contribution in [0.15, 0.2) is 4.99 Å². The Morgan fingerprint density at radius 2 is 2.75 bits per heavy atom. The number of carbonyl (C=O) groups is 1. The third-order valence-electron chi connectivity index (χ3n) is 0.431. The molecule has 0 saturated carbocycles. The number of nitrogens with zero attached hydrogens (tertiary/aromatic N) is 1. The van der Waals surface area contributed by atoms with E-state index in [0.717, 1.165) is 0 Å². The number of aliphatic carboxylic acids is 1. The van der Waals surface area contributed by atoms with Gasteiger partial charge < -0.3 is 10.2 Å². The second-order valence-corrected chi connectivity index (χ2v) is 1.21. The minimum atomic E-state index is -0.829. The molecular formula is C4H6NO3-. The Morgan fingerprint density at radius 3 is 3.12 bits per heavy atom. The van der Waals surface area contributed by atoms with Crippen LogP contribution in [0.3, 0.4) is 0 Å². The van der Waals surface area contributed by atoms with E-state index >= 15 is 0 Å². The highest BCUT2D eigenvalue weighted by Gasteiger charge is 1.87. The van der Waals surface area contributed by atoms with E-state index in [9.17, 15) is 9.90 Å². The molecule has 4 nitrogen and oxygen atoms in total. The summed E-state index contributed by atoms with van der Waals surface area (Å²) in [6.45, 7) is 0.857. The molecule has 0 aliphatic heterocycles. The summed E-state index contributed by atoms with van der Waals surface area (Å²) in [6.07, 6.45) is 0. The average Bonchev–Trinajstić information content (AvgIpc) is 1.83. The van der Waals surface area contributed by atoms with Crippen LogP contribution in [0.5, 0.6) is 0 Å². The number of rotatable bonds is 2. The molecule has 0 amide bonds. The van der Waals surface area contributed by atoms with Crippen molar-refractivity contribution in [3.63, 3.8) is 0 Å². The summed E-state index contributed by atoms with van der Waals surface area (Å²) in [4.78, 5) is 13.2. The number of aliphatic imine (C=N–C) groups is 1. The lowest BCUT2D eigenvalue weighted by Gasteiger charge is -1.98. The van der Waals surface area contributed by atoms with Crippen LogP contribution < -0.4 is 5.11 Å². The van der Waals surface area contributed by atoms with Gasteiger partial charge in [-0.2, -0.15) is 0 Å².